The van der Waals surface area contributed by atoms with E-state index in [9.17, 15) is 13.2 Å². The van der Waals surface area contributed by atoms with E-state index in [4.69, 9.17) is 48.7 Å². The molecule has 0 saturated carbocycles. The molecule has 43 heteroatoms. The lowest BCUT2D eigenvalue weighted by Crippen LogP contribution is -2.05. The summed E-state index contributed by atoms with van der Waals surface area (Å²) in [5.41, 5.74) is 11.7. The Morgan fingerprint density at radius 3 is 0.704 bits per heavy atom. The van der Waals surface area contributed by atoms with Gasteiger partial charge in [0.1, 0.15) is 17.5 Å². The molecule has 20 aromatic rings. The average Bonchev–Trinajstić information content (AvgIpc) is 1.78. The van der Waals surface area contributed by atoms with Crippen molar-refractivity contribution >= 4 is 238 Å². The van der Waals surface area contributed by atoms with Gasteiger partial charge in [-0.15, -0.1) is 0 Å². The zero-order valence-electron chi connectivity index (χ0n) is 64.1. The molecule has 0 aliphatic carbocycles. The van der Waals surface area contributed by atoms with Crippen molar-refractivity contribution in [2.75, 3.05) is 53.2 Å². The van der Waals surface area contributed by atoms with E-state index < -0.39 is 11.6 Å². The van der Waals surface area contributed by atoms with Crippen molar-refractivity contribution in [3.8, 4) is 0 Å². The quantitative estimate of drug-likeness (QED) is 0.0339. The fraction of sp³-hybridized carbons (Fsp3) is 0.0244. The van der Waals surface area contributed by atoms with Crippen LogP contribution in [0.5, 0.6) is 0 Å². The molecule has 35 nitrogen and oxygen atoms in total. The third kappa shape index (κ3) is 21.2. The Morgan fingerprint density at radius 2 is 0.440 bits per heavy atom. The minimum Gasteiger partial charge on any atom is -0.337 e. The predicted octanol–water partition coefficient (Wildman–Crippen LogP) is 22.0. The Hall–Kier alpha value is -15.8. The number of anilines is 20. The molecule has 0 aliphatic rings. The fourth-order valence-electron chi connectivity index (χ4n) is 11.1. The maximum Gasteiger partial charge on any atom is 0.245 e. The zero-order chi connectivity index (χ0) is 86.1. The molecule has 0 atom stereocenters. The number of hydrogen-bond donors (Lipinski definition) is 10. The lowest BCUT2D eigenvalue weighted by molar-refractivity contribution is 0.314. The Bertz CT molecular complexity index is 6180. The molecule has 0 saturated heterocycles. The molecule has 10 heterocycles. The molecule has 10 N–H and O–H groups in total. The van der Waals surface area contributed by atoms with Crippen LogP contribution in [0.1, 0.15) is 11.1 Å². The lowest BCUT2D eigenvalue weighted by Gasteiger charge is -2.13. The molecule has 0 amide bonds. The van der Waals surface area contributed by atoms with Gasteiger partial charge in [-0.05, 0) is 243 Å². The van der Waals surface area contributed by atoms with Crippen molar-refractivity contribution in [3.63, 3.8) is 0 Å². The number of fused-ring (bicyclic) bond motifs is 5. The van der Waals surface area contributed by atoms with Gasteiger partial charge in [-0.3, -0.25) is 0 Å². The topological polar surface area (TPSA) is 444 Å². The monoisotopic (exact) mass is 1860 g/mol. The van der Waals surface area contributed by atoms with Crippen LogP contribution in [0.15, 0.2) is 275 Å². The van der Waals surface area contributed by atoms with Crippen molar-refractivity contribution in [2.24, 2.45) is 0 Å². The summed E-state index contributed by atoms with van der Waals surface area (Å²) in [6, 6.07) is 71.2. The maximum absolute atomic E-state index is 13.9. The number of para-hydroxylation sites is 6. The highest BCUT2D eigenvalue weighted by Gasteiger charge is 2.22. The lowest BCUT2D eigenvalue weighted by atomic mass is 10.2. The number of aryl methyl sites for hydroxylation is 2. The summed E-state index contributed by atoms with van der Waals surface area (Å²) in [7, 11) is 0. The van der Waals surface area contributed by atoms with Gasteiger partial charge in [0, 0.05) is 36.7 Å². The van der Waals surface area contributed by atoms with Crippen LogP contribution >= 0.6 is 66.7 Å². The fourth-order valence-corrected chi connectivity index (χ4v) is 12.3. The van der Waals surface area contributed by atoms with Gasteiger partial charge in [-0.2, -0.15) is 0 Å². The van der Waals surface area contributed by atoms with Crippen LogP contribution in [0.2, 0.25) is 15.1 Å². The van der Waals surface area contributed by atoms with Gasteiger partial charge in [0.2, 0.25) is 56.5 Å². The van der Waals surface area contributed by atoms with Crippen LogP contribution in [0.25, 0.3) is 56.5 Å². The number of hydrogen-bond acceptors (Lipinski definition) is 35. The zero-order valence-corrected chi connectivity index (χ0v) is 69.5. The average molecular weight is 1860 g/mol. The first-order valence-corrected chi connectivity index (χ1v) is 39.5. The molecule has 10 aromatic heterocycles. The Balaban J connectivity index is 0.000000115. The van der Waals surface area contributed by atoms with Crippen LogP contribution in [0, 0.1) is 31.3 Å². The van der Waals surface area contributed by atoms with E-state index in [2.05, 4.69) is 196 Å². The largest absolute Gasteiger partial charge is 0.337 e. The van der Waals surface area contributed by atoms with E-state index in [0.29, 0.717) is 107 Å². The summed E-state index contributed by atoms with van der Waals surface area (Å²) in [5.74, 6) is 2.78. The molecular weight excluding hydrogens is 1810 g/mol. The summed E-state index contributed by atoms with van der Waals surface area (Å²) < 4.78 is 66.1. The summed E-state index contributed by atoms with van der Waals surface area (Å²) in [6.45, 7) is 4.04. The van der Waals surface area contributed by atoms with Gasteiger partial charge in [0.25, 0.3) is 0 Å². The number of nitrogens with zero attached hydrogens (tertiary/aromatic N) is 20. The molecule has 0 radical (unpaired) electrons. The summed E-state index contributed by atoms with van der Waals surface area (Å²) in [4.78, 5) is 43.7. The number of benzene rings is 10. The van der Waals surface area contributed by atoms with Crippen molar-refractivity contribution in [1.82, 2.24) is 101 Å². The predicted molar refractivity (Wildman–Crippen MR) is 474 cm³/mol. The van der Waals surface area contributed by atoms with E-state index in [1.54, 1.807) is 60.7 Å². The van der Waals surface area contributed by atoms with E-state index in [0.717, 1.165) is 42.9 Å². The van der Waals surface area contributed by atoms with Gasteiger partial charge < -0.3 is 53.2 Å². The third-order valence-electron chi connectivity index (χ3n) is 17.2. The molecule has 0 unspecified atom stereocenters. The molecule has 0 spiro atoms. The second-order valence-corrected chi connectivity index (χ2v) is 29.0. The minimum atomic E-state index is -0.473. The number of halogens is 8. The van der Waals surface area contributed by atoms with Gasteiger partial charge >= 0.3 is 0 Å². The first-order chi connectivity index (χ1) is 61.0. The SMILES string of the molecule is Brc1ccccc1Nc1nc2nonc2nc1Nc1ccccc1Br.Cc1ccc(Nc2nc3nonc3nc2Nc2ccc(Cl)cc2)cc1.Cc1ccc(Nc2nc3nonc3nc2Nc2ccc(F)cc2)cc1.Clc1ccccc1Nc1nc2nonc2nc1Nc1ccccc1Cl.Fc1ccccc1Nc1nc2nonc2nc1Nc1ccccc1F. The van der Waals surface area contributed by atoms with Crippen LogP contribution in [-0.4, -0.2) is 101 Å². The Labute approximate surface area is 733 Å². The molecule has 10 aromatic carbocycles. The molecule has 0 fully saturated rings. The summed E-state index contributed by atoms with van der Waals surface area (Å²) in [6.07, 6.45) is 0. The standard InChI is InChI=1S/C17H13ClN6O.C17H13FN6O.C16H10Br2N6O.C16H10Cl2N6O.C16H10F2N6O/c2*1-10-2-6-12(7-3-10)19-14-15(20-13-8-4-11(18)5-9-13)22-17-16(21-14)23-25-24-17;3*17-9-5-1-3-7-11(9)19-13-14(20-12-8-4-2-6-10(12)18)22-16-15(21-13)23-25-24-16/h2*2-9H,1H3,(H,19,21,23)(H,20,22,24);3*1-8H,(H,19,21,23)(H,20,22,24). The maximum atomic E-state index is 13.9. The Kier molecular flexibility index (Phi) is 25.7. The van der Waals surface area contributed by atoms with Crippen LogP contribution < -0.4 is 53.2 Å². The van der Waals surface area contributed by atoms with Gasteiger partial charge in [-0.1, -0.05) is 143 Å². The van der Waals surface area contributed by atoms with Crippen LogP contribution in [-0.2, 0) is 0 Å². The van der Waals surface area contributed by atoms with Crippen molar-refractivity contribution in [1.29, 1.82) is 0 Å². The van der Waals surface area contributed by atoms with Crippen molar-refractivity contribution < 1.29 is 36.3 Å². The molecule has 125 heavy (non-hydrogen) atoms. The number of rotatable bonds is 20. The van der Waals surface area contributed by atoms with Gasteiger partial charge in [0.15, 0.2) is 58.2 Å². The number of aromatic nitrogens is 20. The van der Waals surface area contributed by atoms with E-state index >= 15 is 0 Å². The van der Waals surface area contributed by atoms with Gasteiger partial charge in [-0.25, -0.2) is 86.2 Å². The highest BCUT2D eigenvalue weighted by molar-refractivity contribution is 9.11. The summed E-state index contributed by atoms with van der Waals surface area (Å²) >= 11 is 25.4. The smallest absolute Gasteiger partial charge is 0.245 e. The van der Waals surface area contributed by atoms with Gasteiger partial charge in [0.05, 0.1) is 44.2 Å². The van der Waals surface area contributed by atoms with E-state index in [1.807, 2.05) is 159 Å². The first kappa shape index (κ1) is 82.9. The molecule has 0 aliphatic heterocycles. The minimum absolute atomic E-state index is 0.137. The molecule has 620 valence electrons. The number of nitrogens with one attached hydrogen (secondary N) is 10. The normalized spacial score (nSPS) is 10.8. The Morgan fingerprint density at radius 1 is 0.232 bits per heavy atom. The second-order valence-electron chi connectivity index (χ2n) is 26.0. The van der Waals surface area contributed by atoms with E-state index in [1.165, 1.54) is 42.0 Å². The highest BCUT2D eigenvalue weighted by Crippen LogP contribution is 2.37. The van der Waals surface area contributed by atoms with Crippen molar-refractivity contribution in [3.05, 3.63) is 295 Å². The molecule has 0 bridgehead atoms. The third-order valence-corrected chi connectivity index (χ3v) is 19.5. The molecular formula is C82H56Br2Cl3F3N30O5. The molecule has 20 rings (SSSR count). The summed E-state index contributed by atoms with van der Waals surface area (Å²) in [5, 5.41) is 70.0. The van der Waals surface area contributed by atoms with Crippen LogP contribution in [0.3, 0.4) is 0 Å². The first-order valence-electron chi connectivity index (χ1n) is 36.8. The van der Waals surface area contributed by atoms with E-state index in [-0.39, 0.29) is 57.1 Å². The van der Waals surface area contributed by atoms with Crippen LogP contribution in [0.4, 0.5) is 128 Å². The highest BCUT2D eigenvalue weighted by atomic mass is 79.9. The second kappa shape index (κ2) is 38.7. The van der Waals surface area contributed by atoms with Crippen molar-refractivity contribution in [2.45, 2.75) is 13.8 Å².